The summed E-state index contributed by atoms with van der Waals surface area (Å²) in [5.74, 6) is 0.581. The van der Waals surface area contributed by atoms with E-state index in [9.17, 15) is 18.0 Å². The smallest absolute Gasteiger partial charge is 0.321 e. The molecule has 3 amide bonds. The van der Waals surface area contributed by atoms with Crippen LogP contribution in [0.4, 0.5) is 4.79 Å². The highest BCUT2D eigenvalue weighted by molar-refractivity contribution is 7.99. The Balaban J connectivity index is 1.30. The number of hydrogen-bond acceptors (Lipinski definition) is 8. The molecule has 2 aliphatic rings. The van der Waals surface area contributed by atoms with Gasteiger partial charge in [-0.1, -0.05) is 35.5 Å². The van der Waals surface area contributed by atoms with Gasteiger partial charge in [0.05, 0.1) is 22.3 Å². The highest BCUT2D eigenvalue weighted by atomic mass is 35.5. The molecule has 13 heteroatoms. The number of carbonyl (C=O) groups is 2. The minimum atomic E-state index is -3.11. The Morgan fingerprint density at radius 2 is 2.00 bits per heavy atom. The maximum atomic E-state index is 12.2. The van der Waals surface area contributed by atoms with Gasteiger partial charge >= 0.3 is 6.03 Å². The molecular weight excluding hydrogens is 478 g/mol. The highest BCUT2D eigenvalue weighted by Crippen LogP contribution is 2.39. The minimum absolute atomic E-state index is 0.0351. The fourth-order valence-electron chi connectivity index (χ4n) is 3.33. The van der Waals surface area contributed by atoms with Crippen molar-refractivity contribution in [2.75, 3.05) is 17.3 Å². The quantitative estimate of drug-likeness (QED) is 0.526. The monoisotopic (exact) mass is 499 g/mol. The Hall–Kier alpha value is -2.31. The number of sulfone groups is 1. The van der Waals surface area contributed by atoms with Gasteiger partial charge in [-0.2, -0.15) is 0 Å². The maximum Gasteiger partial charge on any atom is 0.321 e. The van der Waals surface area contributed by atoms with Crippen molar-refractivity contribution < 1.29 is 22.7 Å². The Morgan fingerprint density at radius 1 is 1.22 bits per heavy atom. The molecule has 2 heterocycles. The Morgan fingerprint density at radius 3 is 2.69 bits per heavy atom. The van der Waals surface area contributed by atoms with Crippen molar-refractivity contribution in [3.8, 4) is 5.75 Å². The third-order valence-electron chi connectivity index (χ3n) is 4.99. The topological polar surface area (TPSA) is 132 Å². The first-order valence-electron chi connectivity index (χ1n) is 10.1. The number of carbonyl (C=O) groups excluding carboxylic acids is 2. The fraction of sp³-hybridized carbons (Fsp3) is 0.474. The number of imide groups is 1. The van der Waals surface area contributed by atoms with E-state index in [1.54, 1.807) is 12.1 Å². The first kappa shape index (κ1) is 22.9. The normalized spacial score (nSPS) is 19.5. The van der Waals surface area contributed by atoms with Crippen LogP contribution < -0.4 is 15.4 Å². The molecule has 1 aromatic heterocycles. The largest absolute Gasteiger partial charge is 0.484 e. The molecule has 172 valence electrons. The summed E-state index contributed by atoms with van der Waals surface area (Å²) in [5, 5.41) is 14.2. The minimum Gasteiger partial charge on any atom is -0.484 e. The van der Waals surface area contributed by atoms with Gasteiger partial charge in [-0.05, 0) is 31.4 Å². The number of nitrogens with one attached hydrogen (secondary N) is 2. The van der Waals surface area contributed by atoms with Crippen LogP contribution in [0, 0.1) is 0 Å². The average Bonchev–Trinajstić information content (AvgIpc) is 3.40. The summed E-state index contributed by atoms with van der Waals surface area (Å²) in [5.41, 5.74) is 0. The number of hydrogen-bond donors (Lipinski definition) is 2. The van der Waals surface area contributed by atoms with Crippen molar-refractivity contribution >= 4 is 45.1 Å². The molecule has 2 fully saturated rings. The van der Waals surface area contributed by atoms with Crippen LogP contribution in [0.1, 0.15) is 31.1 Å². The second-order valence-corrected chi connectivity index (χ2v) is 11.2. The van der Waals surface area contributed by atoms with E-state index in [1.807, 2.05) is 16.7 Å². The zero-order chi connectivity index (χ0) is 22.7. The summed E-state index contributed by atoms with van der Waals surface area (Å²) < 4.78 is 30.7. The fourth-order valence-corrected chi connectivity index (χ4v) is 6.02. The van der Waals surface area contributed by atoms with E-state index in [-0.39, 0.29) is 29.9 Å². The molecule has 1 atom stereocenters. The Kier molecular flexibility index (Phi) is 6.91. The molecule has 2 aromatic rings. The lowest BCUT2D eigenvalue weighted by Gasteiger charge is -2.12. The van der Waals surface area contributed by atoms with Gasteiger partial charge in [0, 0.05) is 12.1 Å². The Bertz CT molecular complexity index is 1120. The van der Waals surface area contributed by atoms with Gasteiger partial charge in [0.1, 0.15) is 12.4 Å². The SMILES string of the molecule is O=C(CSc1nnc(COc2ccccc2Cl)n1C1CC1)NC(=O)NC1CCS(=O)(=O)C1. The van der Waals surface area contributed by atoms with E-state index in [2.05, 4.69) is 20.8 Å². The van der Waals surface area contributed by atoms with E-state index in [1.165, 1.54) is 11.8 Å². The van der Waals surface area contributed by atoms with Gasteiger partial charge < -0.3 is 10.1 Å². The van der Waals surface area contributed by atoms with Crippen LogP contribution in [0.25, 0.3) is 0 Å². The predicted octanol–water partition coefficient (Wildman–Crippen LogP) is 1.95. The first-order chi connectivity index (χ1) is 15.3. The van der Waals surface area contributed by atoms with E-state index in [4.69, 9.17) is 16.3 Å². The molecule has 10 nitrogen and oxygen atoms in total. The number of amides is 3. The molecule has 1 unspecified atom stereocenters. The number of nitrogens with zero attached hydrogens (tertiary/aromatic N) is 3. The second kappa shape index (κ2) is 9.67. The zero-order valence-corrected chi connectivity index (χ0v) is 19.4. The van der Waals surface area contributed by atoms with Crippen LogP contribution in [0.15, 0.2) is 29.4 Å². The first-order valence-corrected chi connectivity index (χ1v) is 13.2. The molecule has 1 saturated heterocycles. The summed E-state index contributed by atoms with van der Waals surface area (Å²) in [6.07, 6.45) is 2.33. The molecule has 0 spiro atoms. The molecule has 4 rings (SSSR count). The molecular formula is C19H22ClN5O5S2. The van der Waals surface area contributed by atoms with Gasteiger partial charge in [-0.25, -0.2) is 13.2 Å². The lowest BCUT2D eigenvalue weighted by molar-refractivity contribution is -0.117. The third kappa shape index (κ3) is 5.93. The third-order valence-corrected chi connectivity index (χ3v) is 8.02. The number of rotatable bonds is 8. The van der Waals surface area contributed by atoms with E-state index in [0.717, 1.165) is 12.8 Å². The standard InChI is InChI=1S/C19H22ClN5O5S2/c20-14-3-1-2-4-15(14)30-9-16-23-24-19(25(16)13-5-6-13)31-10-17(26)22-18(27)21-12-7-8-32(28,29)11-12/h1-4,12-13H,5-11H2,(H2,21,22,26,27). The van der Waals surface area contributed by atoms with Crippen molar-refractivity contribution in [3.05, 3.63) is 35.1 Å². The van der Waals surface area contributed by atoms with Crippen LogP contribution in [-0.4, -0.2) is 58.4 Å². The lowest BCUT2D eigenvalue weighted by Crippen LogP contribution is -2.45. The number of para-hydroxylation sites is 1. The average molecular weight is 500 g/mol. The van der Waals surface area contributed by atoms with Crippen molar-refractivity contribution in [2.24, 2.45) is 0 Å². The predicted molar refractivity (Wildman–Crippen MR) is 119 cm³/mol. The highest BCUT2D eigenvalue weighted by Gasteiger charge is 2.31. The van der Waals surface area contributed by atoms with E-state index in [0.29, 0.717) is 28.2 Å². The van der Waals surface area contributed by atoms with E-state index >= 15 is 0 Å². The van der Waals surface area contributed by atoms with Gasteiger partial charge in [-0.15, -0.1) is 10.2 Å². The van der Waals surface area contributed by atoms with Crippen LogP contribution in [-0.2, 0) is 21.2 Å². The van der Waals surface area contributed by atoms with Gasteiger partial charge in [0.2, 0.25) is 5.91 Å². The number of thioether (sulfide) groups is 1. The lowest BCUT2D eigenvalue weighted by atomic mass is 10.3. The Labute approximate surface area is 194 Å². The summed E-state index contributed by atoms with van der Waals surface area (Å²) in [7, 11) is -3.11. The number of benzene rings is 1. The number of aromatic nitrogens is 3. The van der Waals surface area contributed by atoms with Crippen LogP contribution in [0.5, 0.6) is 5.75 Å². The maximum absolute atomic E-state index is 12.2. The molecule has 32 heavy (non-hydrogen) atoms. The van der Waals surface area contributed by atoms with Gasteiger partial charge in [0.15, 0.2) is 20.8 Å². The van der Waals surface area contributed by atoms with Crippen LogP contribution >= 0.6 is 23.4 Å². The molecule has 1 aliphatic carbocycles. The molecule has 0 bridgehead atoms. The molecule has 2 N–H and O–H groups in total. The molecule has 0 radical (unpaired) electrons. The zero-order valence-electron chi connectivity index (χ0n) is 17.0. The van der Waals surface area contributed by atoms with Crippen molar-refractivity contribution in [1.29, 1.82) is 0 Å². The van der Waals surface area contributed by atoms with Crippen molar-refractivity contribution in [2.45, 2.75) is 43.1 Å². The molecule has 1 aliphatic heterocycles. The van der Waals surface area contributed by atoms with Crippen LogP contribution in [0.3, 0.4) is 0 Å². The van der Waals surface area contributed by atoms with Gasteiger partial charge in [-0.3, -0.25) is 14.7 Å². The van der Waals surface area contributed by atoms with Gasteiger partial charge in [0.25, 0.3) is 0 Å². The van der Waals surface area contributed by atoms with Crippen LogP contribution in [0.2, 0.25) is 5.02 Å². The number of urea groups is 1. The number of halogens is 1. The molecule has 1 saturated carbocycles. The summed E-state index contributed by atoms with van der Waals surface area (Å²) >= 11 is 7.30. The van der Waals surface area contributed by atoms with E-state index < -0.39 is 27.8 Å². The summed E-state index contributed by atoms with van der Waals surface area (Å²) in [6, 6.07) is 6.24. The summed E-state index contributed by atoms with van der Waals surface area (Å²) in [4.78, 5) is 24.1. The van der Waals surface area contributed by atoms with Crippen molar-refractivity contribution in [1.82, 2.24) is 25.4 Å². The summed E-state index contributed by atoms with van der Waals surface area (Å²) in [6.45, 7) is 0.187. The number of ether oxygens (including phenoxy) is 1. The second-order valence-electron chi connectivity index (χ2n) is 7.63. The van der Waals surface area contributed by atoms with Crippen molar-refractivity contribution in [3.63, 3.8) is 0 Å². The molecule has 1 aromatic carbocycles.